The molecule has 0 aromatic carbocycles. The highest BCUT2D eigenvalue weighted by atomic mass is 127. The number of aliphatic imine (C=N–C) groups is 1. The Kier molecular flexibility index (Phi) is 10.1. The molecule has 2 aliphatic rings. The van der Waals surface area contributed by atoms with E-state index in [9.17, 15) is 0 Å². The third-order valence-electron chi connectivity index (χ3n) is 6.32. The molecule has 0 saturated carbocycles. The second-order valence-corrected chi connectivity index (χ2v) is 9.62. The number of rotatable bonds is 6. The third-order valence-corrected chi connectivity index (χ3v) is 7.19. The molecule has 3 heterocycles. The fourth-order valence-electron chi connectivity index (χ4n) is 4.31. The molecule has 0 amide bonds. The molecular weight excluding hydrogens is 495 g/mol. The van der Waals surface area contributed by atoms with Crippen molar-refractivity contribution in [3.8, 4) is 0 Å². The second kappa shape index (κ2) is 11.8. The van der Waals surface area contributed by atoms with Crippen molar-refractivity contribution in [3.05, 3.63) is 16.1 Å². The molecule has 0 unspecified atom stereocenters. The third kappa shape index (κ3) is 6.77. The minimum absolute atomic E-state index is 0. The van der Waals surface area contributed by atoms with Gasteiger partial charge in [0.05, 0.1) is 12.2 Å². The van der Waals surface area contributed by atoms with Crippen LogP contribution in [0.5, 0.6) is 0 Å². The lowest BCUT2D eigenvalue weighted by Crippen LogP contribution is -2.62. The van der Waals surface area contributed by atoms with Crippen molar-refractivity contribution >= 4 is 41.3 Å². The van der Waals surface area contributed by atoms with Gasteiger partial charge in [-0.2, -0.15) is 0 Å². The molecule has 0 spiro atoms. The molecule has 0 radical (unpaired) electrons. The summed E-state index contributed by atoms with van der Waals surface area (Å²) in [6, 6.07) is 0. The Balaban J connectivity index is 0.00000300. The monoisotopic (exact) mass is 534 g/mol. The molecule has 2 fully saturated rings. The summed E-state index contributed by atoms with van der Waals surface area (Å²) in [6.07, 6.45) is 6.53. The van der Waals surface area contributed by atoms with Crippen LogP contribution in [0.2, 0.25) is 0 Å². The fourth-order valence-corrected chi connectivity index (χ4v) is 5.20. The minimum Gasteiger partial charge on any atom is -0.355 e. The molecule has 1 aromatic heterocycles. The van der Waals surface area contributed by atoms with E-state index in [0.717, 1.165) is 24.1 Å². The number of hydrogen-bond acceptors (Lipinski definition) is 5. The van der Waals surface area contributed by atoms with Gasteiger partial charge in [-0.15, -0.1) is 35.3 Å². The Bertz CT molecular complexity index is 633. The van der Waals surface area contributed by atoms with E-state index in [1.807, 2.05) is 7.05 Å². The van der Waals surface area contributed by atoms with Crippen LogP contribution in [-0.4, -0.2) is 73.1 Å². The van der Waals surface area contributed by atoms with Crippen molar-refractivity contribution in [1.82, 2.24) is 25.4 Å². The second-order valence-electron chi connectivity index (χ2n) is 8.68. The van der Waals surface area contributed by atoms with Gasteiger partial charge in [0.2, 0.25) is 0 Å². The molecule has 0 aliphatic carbocycles. The predicted octanol–water partition coefficient (Wildman–Crippen LogP) is 3.50. The van der Waals surface area contributed by atoms with Crippen LogP contribution in [0, 0.1) is 0 Å². The normalized spacial score (nSPS) is 21.1. The summed E-state index contributed by atoms with van der Waals surface area (Å²) >= 11 is 1.73. The van der Waals surface area contributed by atoms with Crippen LogP contribution in [0.3, 0.4) is 0 Å². The number of aromatic nitrogens is 1. The maximum atomic E-state index is 4.72. The Morgan fingerprint density at radius 3 is 2.45 bits per heavy atom. The molecule has 2 saturated heterocycles. The van der Waals surface area contributed by atoms with Gasteiger partial charge in [-0.05, 0) is 64.8 Å². The molecule has 166 valence electrons. The van der Waals surface area contributed by atoms with E-state index < -0.39 is 0 Å². The van der Waals surface area contributed by atoms with Crippen molar-refractivity contribution in [2.45, 2.75) is 64.0 Å². The number of nitrogens with one attached hydrogen (secondary N) is 2. The van der Waals surface area contributed by atoms with Gasteiger partial charge in [-0.25, -0.2) is 4.98 Å². The predicted molar refractivity (Wildman–Crippen MR) is 135 cm³/mol. The van der Waals surface area contributed by atoms with Gasteiger partial charge < -0.3 is 15.5 Å². The Labute approximate surface area is 198 Å². The van der Waals surface area contributed by atoms with E-state index in [1.165, 1.54) is 64.0 Å². The summed E-state index contributed by atoms with van der Waals surface area (Å²) in [4.78, 5) is 14.4. The first-order valence-electron chi connectivity index (χ1n) is 10.8. The van der Waals surface area contributed by atoms with Crippen LogP contribution in [0.4, 0.5) is 0 Å². The number of guanidine groups is 1. The van der Waals surface area contributed by atoms with E-state index >= 15 is 0 Å². The van der Waals surface area contributed by atoms with E-state index in [4.69, 9.17) is 4.98 Å². The highest BCUT2D eigenvalue weighted by Crippen LogP contribution is 2.30. The van der Waals surface area contributed by atoms with Gasteiger partial charge >= 0.3 is 0 Å². The van der Waals surface area contributed by atoms with Gasteiger partial charge in [0.25, 0.3) is 0 Å². The summed E-state index contributed by atoms with van der Waals surface area (Å²) < 4.78 is 0. The lowest BCUT2D eigenvalue weighted by Gasteiger charge is -2.50. The number of halogens is 1. The summed E-state index contributed by atoms with van der Waals surface area (Å²) in [5.74, 6) is 1.37. The SMILES string of the molecule is CN=C(NCc1nc(C(C)C)cs1)NCC1(N2CCCCC2)CCN(C)CC1.I. The first-order chi connectivity index (χ1) is 13.5. The molecule has 6 nitrogen and oxygen atoms in total. The van der Waals surface area contributed by atoms with Crippen molar-refractivity contribution in [2.75, 3.05) is 46.8 Å². The van der Waals surface area contributed by atoms with E-state index in [-0.39, 0.29) is 29.5 Å². The zero-order chi connectivity index (χ0) is 20.0. The van der Waals surface area contributed by atoms with Crippen molar-refractivity contribution < 1.29 is 0 Å². The summed E-state index contributed by atoms with van der Waals surface area (Å²) in [5.41, 5.74) is 1.44. The molecular formula is C21H39IN6S. The number of hydrogen-bond donors (Lipinski definition) is 2. The minimum atomic E-state index is 0. The maximum Gasteiger partial charge on any atom is 0.191 e. The molecule has 0 atom stereocenters. The maximum absolute atomic E-state index is 4.72. The first kappa shape index (κ1) is 24.8. The quantitative estimate of drug-likeness (QED) is 0.333. The summed E-state index contributed by atoms with van der Waals surface area (Å²) in [6.45, 7) is 10.9. The standard InChI is InChI=1S/C21H38N6S.HI/c1-17(2)18-15-28-19(25-18)14-23-20(22-3)24-16-21(8-12-26(4)13-9-21)27-10-6-5-7-11-27;/h15,17H,5-14,16H2,1-4H3,(H2,22,23,24);1H. The smallest absolute Gasteiger partial charge is 0.191 e. The van der Waals surface area contributed by atoms with Gasteiger partial charge in [-0.3, -0.25) is 9.89 Å². The number of likely N-dealkylation sites (tertiary alicyclic amines) is 2. The molecule has 3 rings (SSSR count). The molecule has 2 aliphatic heterocycles. The van der Waals surface area contributed by atoms with Crippen molar-refractivity contribution in [2.24, 2.45) is 4.99 Å². The van der Waals surface area contributed by atoms with Crippen LogP contribution in [0.15, 0.2) is 10.4 Å². The van der Waals surface area contributed by atoms with Gasteiger partial charge in [-0.1, -0.05) is 20.3 Å². The van der Waals surface area contributed by atoms with Crippen molar-refractivity contribution in [3.63, 3.8) is 0 Å². The van der Waals surface area contributed by atoms with Gasteiger partial charge in [0, 0.05) is 24.5 Å². The number of nitrogens with zero attached hydrogens (tertiary/aromatic N) is 4. The van der Waals surface area contributed by atoms with E-state index in [2.05, 4.69) is 51.7 Å². The molecule has 1 aromatic rings. The van der Waals surface area contributed by atoms with Crippen LogP contribution in [0.1, 0.15) is 62.6 Å². The first-order valence-corrected chi connectivity index (χ1v) is 11.7. The van der Waals surface area contributed by atoms with Crippen LogP contribution in [-0.2, 0) is 6.54 Å². The highest BCUT2D eigenvalue weighted by Gasteiger charge is 2.39. The Hall–Kier alpha value is -0.450. The number of thiazole rings is 1. The summed E-state index contributed by atoms with van der Waals surface area (Å²) in [7, 11) is 4.10. The molecule has 2 N–H and O–H groups in total. The molecule has 29 heavy (non-hydrogen) atoms. The Morgan fingerprint density at radius 1 is 1.17 bits per heavy atom. The van der Waals surface area contributed by atoms with Crippen LogP contribution in [0.25, 0.3) is 0 Å². The average molecular weight is 535 g/mol. The lowest BCUT2D eigenvalue weighted by atomic mass is 9.84. The Morgan fingerprint density at radius 2 is 1.86 bits per heavy atom. The van der Waals surface area contributed by atoms with Crippen molar-refractivity contribution in [1.29, 1.82) is 0 Å². The molecule has 0 bridgehead atoms. The van der Waals surface area contributed by atoms with Gasteiger partial charge in [0.15, 0.2) is 5.96 Å². The fraction of sp³-hybridized carbons (Fsp3) is 0.810. The molecule has 8 heteroatoms. The van der Waals surface area contributed by atoms with Gasteiger partial charge in [0.1, 0.15) is 5.01 Å². The topological polar surface area (TPSA) is 55.8 Å². The van der Waals surface area contributed by atoms with Crippen LogP contribution >= 0.6 is 35.3 Å². The van der Waals surface area contributed by atoms with E-state index in [0.29, 0.717) is 5.92 Å². The zero-order valence-corrected chi connectivity index (χ0v) is 21.7. The zero-order valence-electron chi connectivity index (χ0n) is 18.5. The van der Waals surface area contributed by atoms with Crippen LogP contribution < -0.4 is 10.6 Å². The average Bonchev–Trinajstić information content (AvgIpc) is 3.20. The van der Waals surface area contributed by atoms with E-state index in [1.54, 1.807) is 11.3 Å². The largest absolute Gasteiger partial charge is 0.355 e. The summed E-state index contributed by atoms with van der Waals surface area (Å²) in [5, 5.41) is 10.4. The number of piperidine rings is 2. The highest BCUT2D eigenvalue weighted by molar-refractivity contribution is 14.0. The lowest BCUT2D eigenvalue weighted by molar-refractivity contribution is 0.0173.